The fourth-order valence-electron chi connectivity index (χ4n) is 3.34. The lowest BCUT2D eigenvalue weighted by atomic mass is 10.1. The van der Waals surface area contributed by atoms with Crippen LogP contribution in [0.15, 0.2) is 24.4 Å². The summed E-state index contributed by atoms with van der Waals surface area (Å²) in [5.74, 6) is 0.530. The van der Waals surface area contributed by atoms with Gasteiger partial charge in [-0.15, -0.1) is 0 Å². The number of benzene rings is 1. The maximum Gasteiger partial charge on any atom is 0.310 e. The molecule has 0 saturated carbocycles. The van der Waals surface area contributed by atoms with Gasteiger partial charge in [0.1, 0.15) is 11.6 Å². The van der Waals surface area contributed by atoms with Gasteiger partial charge in [-0.3, -0.25) is 14.9 Å². The molecule has 0 bridgehead atoms. The smallest absolute Gasteiger partial charge is 0.310 e. The second-order valence-electron chi connectivity index (χ2n) is 7.75. The molecule has 11 nitrogen and oxygen atoms in total. The third kappa shape index (κ3) is 6.42. The van der Waals surface area contributed by atoms with E-state index in [-0.39, 0.29) is 30.0 Å². The number of nitro groups is 1. The van der Waals surface area contributed by atoms with Crippen LogP contribution in [0.2, 0.25) is 5.02 Å². The van der Waals surface area contributed by atoms with Gasteiger partial charge in [0.15, 0.2) is 5.75 Å². The quantitative estimate of drug-likeness (QED) is 0.405. The molecular formula is C21H27ClN6O5. The second-order valence-corrected chi connectivity index (χ2v) is 8.16. The van der Waals surface area contributed by atoms with Crippen LogP contribution >= 0.6 is 11.6 Å². The van der Waals surface area contributed by atoms with Crippen molar-refractivity contribution in [3.05, 3.63) is 45.1 Å². The van der Waals surface area contributed by atoms with Gasteiger partial charge in [0.05, 0.1) is 17.7 Å². The van der Waals surface area contributed by atoms with E-state index < -0.39 is 4.92 Å². The number of anilines is 1. The lowest BCUT2D eigenvalue weighted by Gasteiger charge is -2.18. The van der Waals surface area contributed by atoms with Crippen LogP contribution in [-0.2, 0) is 0 Å². The minimum Gasteiger partial charge on any atom is -0.485 e. The molecule has 0 unspecified atom stereocenters. The van der Waals surface area contributed by atoms with Crippen LogP contribution in [0.5, 0.6) is 11.6 Å². The van der Waals surface area contributed by atoms with Crippen molar-refractivity contribution in [1.82, 2.24) is 19.8 Å². The number of likely N-dealkylation sites (N-methyl/N-ethyl adjacent to an activating group) is 1. The molecule has 1 aromatic carbocycles. The Kier molecular flexibility index (Phi) is 8.23. The first-order chi connectivity index (χ1) is 15.8. The average Bonchev–Trinajstić information content (AvgIpc) is 3.23. The van der Waals surface area contributed by atoms with E-state index in [9.17, 15) is 14.9 Å². The summed E-state index contributed by atoms with van der Waals surface area (Å²) in [6, 6.07) is 4.14. The molecule has 1 aromatic heterocycles. The van der Waals surface area contributed by atoms with E-state index >= 15 is 0 Å². The van der Waals surface area contributed by atoms with E-state index in [2.05, 4.69) is 15.3 Å². The van der Waals surface area contributed by atoms with Crippen molar-refractivity contribution in [1.29, 1.82) is 0 Å². The number of ether oxygens (including phenoxy) is 2. The number of carbonyl (C=O) groups excluding carboxylic acids is 1. The van der Waals surface area contributed by atoms with Crippen LogP contribution in [0.3, 0.4) is 0 Å². The van der Waals surface area contributed by atoms with E-state index in [4.69, 9.17) is 21.1 Å². The predicted molar refractivity (Wildman–Crippen MR) is 123 cm³/mol. The summed E-state index contributed by atoms with van der Waals surface area (Å²) in [5.41, 5.74) is 0.165. The Morgan fingerprint density at radius 2 is 2.18 bits per heavy atom. The monoisotopic (exact) mass is 478 g/mol. The summed E-state index contributed by atoms with van der Waals surface area (Å²) < 4.78 is 11.0. The predicted octanol–water partition coefficient (Wildman–Crippen LogP) is 2.70. The van der Waals surface area contributed by atoms with E-state index in [0.717, 1.165) is 0 Å². The highest BCUT2D eigenvalue weighted by atomic mass is 35.5. The summed E-state index contributed by atoms with van der Waals surface area (Å²) in [5, 5.41) is 14.9. The number of hydrogen-bond acceptors (Lipinski definition) is 9. The number of rotatable bonds is 10. The molecule has 1 aliphatic rings. The van der Waals surface area contributed by atoms with Gasteiger partial charge < -0.3 is 24.6 Å². The first-order valence-electron chi connectivity index (χ1n) is 10.6. The lowest BCUT2D eigenvalue weighted by molar-refractivity contribution is -0.385. The highest BCUT2D eigenvalue weighted by Gasteiger charge is 2.29. The topological polar surface area (TPSA) is 123 Å². The van der Waals surface area contributed by atoms with Gasteiger partial charge in [-0.2, -0.15) is 4.98 Å². The van der Waals surface area contributed by atoms with E-state index in [1.54, 1.807) is 4.90 Å². The molecule has 0 aliphatic carbocycles. The molecule has 3 rings (SSSR count). The SMILES string of the molecule is CCOc1nc(N[C@H]2CCN(C(=O)c3ccc([N+](=O)[O-])c(OCCN(C)C)c3)C2)ncc1Cl. The number of amides is 1. The molecule has 1 amide bonds. The average molecular weight is 479 g/mol. The van der Waals surface area contributed by atoms with Gasteiger partial charge in [0, 0.05) is 43.4 Å². The van der Waals surface area contributed by atoms with Crippen molar-refractivity contribution in [2.24, 2.45) is 0 Å². The molecule has 1 N–H and O–H groups in total. The summed E-state index contributed by atoms with van der Waals surface area (Å²) in [7, 11) is 3.75. The molecule has 1 saturated heterocycles. The maximum atomic E-state index is 13.0. The number of carbonyl (C=O) groups is 1. The van der Waals surface area contributed by atoms with Gasteiger partial charge in [-0.1, -0.05) is 11.6 Å². The van der Waals surface area contributed by atoms with E-state index in [1.807, 2.05) is 25.9 Å². The molecule has 33 heavy (non-hydrogen) atoms. The fourth-order valence-corrected chi connectivity index (χ4v) is 3.48. The van der Waals surface area contributed by atoms with Crippen LogP contribution in [-0.4, -0.2) is 83.6 Å². The summed E-state index contributed by atoms with van der Waals surface area (Å²) in [6.45, 7) is 4.08. The largest absolute Gasteiger partial charge is 0.485 e. The minimum absolute atomic E-state index is 0.0570. The number of nitro benzene ring substituents is 1. The van der Waals surface area contributed by atoms with E-state index in [0.29, 0.717) is 55.1 Å². The van der Waals surface area contributed by atoms with E-state index in [1.165, 1.54) is 24.4 Å². The second kappa shape index (κ2) is 11.1. The Morgan fingerprint density at radius 3 is 2.88 bits per heavy atom. The zero-order valence-electron chi connectivity index (χ0n) is 18.8. The number of halogens is 1. The molecule has 1 fully saturated rings. The molecule has 2 aromatic rings. The molecule has 1 atom stereocenters. The maximum absolute atomic E-state index is 13.0. The first kappa shape index (κ1) is 24.5. The number of hydrogen-bond donors (Lipinski definition) is 1. The number of aromatic nitrogens is 2. The third-order valence-electron chi connectivity index (χ3n) is 5.00. The molecule has 0 spiro atoms. The fraction of sp³-hybridized carbons (Fsp3) is 0.476. The summed E-state index contributed by atoms with van der Waals surface area (Å²) in [4.78, 5) is 35.9. The van der Waals surface area contributed by atoms with Gasteiger partial charge in [-0.05, 0) is 33.5 Å². The third-order valence-corrected chi connectivity index (χ3v) is 5.26. The van der Waals surface area contributed by atoms with Crippen molar-refractivity contribution >= 4 is 29.1 Å². The Labute approximate surface area is 196 Å². The number of nitrogens with zero attached hydrogens (tertiary/aromatic N) is 5. The van der Waals surface area contributed by atoms with Crippen LogP contribution in [0.25, 0.3) is 0 Å². The molecule has 2 heterocycles. The lowest BCUT2D eigenvalue weighted by Crippen LogP contribution is -2.32. The zero-order valence-corrected chi connectivity index (χ0v) is 19.5. The van der Waals surface area contributed by atoms with Crippen LogP contribution in [0.1, 0.15) is 23.7 Å². The van der Waals surface area contributed by atoms with Crippen LogP contribution < -0.4 is 14.8 Å². The van der Waals surface area contributed by atoms with Crippen molar-refractivity contribution in [3.8, 4) is 11.6 Å². The molecule has 0 radical (unpaired) electrons. The first-order valence-corrected chi connectivity index (χ1v) is 10.9. The molecule has 1 aliphatic heterocycles. The zero-order chi connectivity index (χ0) is 24.0. The van der Waals surface area contributed by atoms with Crippen molar-refractivity contribution in [2.45, 2.75) is 19.4 Å². The Balaban J connectivity index is 1.66. The molecular weight excluding hydrogens is 452 g/mol. The van der Waals surface area contributed by atoms with Crippen LogP contribution in [0, 0.1) is 10.1 Å². The number of likely N-dealkylation sites (tertiary alicyclic amines) is 1. The highest BCUT2D eigenvalue weighted by Crippen LogP contribution is 2.29. The molecule has 178 valence electrons. The highest BCUT2D eigenvalue weighted by molar-refractivity contribution is 6.31. The summed E-state index contributed by atoms with van der Waals surface area (Å²) in [6.07, 6.45) is 2.16. The van der Waals surface area contributed by atoms with Gasteiger partial charge in [0.2, 0.25) is 11.8 Å². The van der Waals surface area contributed by atoms with Gasteiger partial charge in [-0.25, -0.2) is 4.98 Å². The van der Waals surface area contributed by atoms with Crippen molar-refractivity contribution in [3.63, 3.8) is 0 Å². The Morgan fingerprint density at radius 1 is 1.39 bits per heavy atom. The Bertz CT molecular complexity index is 1010. The van der Waals surface area contributed by atoms with Crippen molar-refractivity contribution in [2.75, 3.05) is 52.3 Å². The normalized spacial score (nSPS) is 15.5. The van der Waals surface area contributed by atoms with Crippen LogP contribution in [0.4, 0.5) is 11.6 Å². The molecule has 12 heteroatoms. The Hall–Kier alpha value is -3.18. The standard InChI is InChI=1S/C21H27ClN6O5/c1-4-32-19-16(22)12-23-21(25-19)24-15-7-8-27(13-15)20(29)14-5-6-17(28(30)31)18(11-14)33-10-9-26(2)3/h5-6,11-12,15H,4,7-10,13H2,1-3H3,(H,23,24,25)/t15-/m0/s1. The van der Waals surface area contributed by atoms with Gasteiger partial charge in [0.25, 0.3) is 5.91 Å². The number of nitrogens with one attached hydrogen (secondary N) is 1. The minimum atomic E-state index is -0.516. The summed E-state index contributed by atoms with van der Waals surface area (Å²) >= 11 is 6.03. The van der Waals surface area contributed by atoms with Crippen molar-refractivity contribution < 1.29 is 19.2 Å². The van der Waals surface area contributed by atoms with Gasteiger partial charge >= 0.3 is 5.69 Å².